The van der Waals surface area contributed by atoms with E-state index in [4.69, 9.17) is 0 Å². The highest BCUT2D eigenvalue weighted by atomic mass is 32.1. The molecule has 0 radical (unpaired) electrons. The summed E-state index contributed by atoms with van der Waals surface area (Å²) in [6.45, 7) is 9.76. The van der Waals surface area contributed by atoms with Crippen LogP contribution in [-0.4, -0.2) is 12.6 Å². The third-order valence-electron chi connectivity index (χ3n) is 3.72. The number of benzene rings is 1. The van der Waals surface area contributed by atoms with Gasteiger partial charge in [0.25, 0.3) is 0 Å². The molecule has 0 aliphatic heterocycles. The van der Waals surface area contributed by atoms with Gasteiger partial charge in [0.15, 0.2) is 0 Å². The standard InChI is InChI=1S/C18H26N2S/c1-14(17-11-8-12-21-17)20(5)16-10-7-6-9-15(16)13-19-18(2,3)4/h6-12,14,19H,13H2,1-5H3. The smallest absolute Gasteiger partial charge is 0.0603 e. The number of rotatable bonds is 5. The number of hydrogen-bond acceptors (Lipinski definition) is 3. The Morgan fingerprint density at radius 3 is 2.48 bits per heavy atom. The Morgan fingerprint density at radius 1 is 1.14 bits per heavy atom. The average Bonchev–Trinajstić information content (AvgIpc) is 2.97. The molecule has 0 fully saturated rings. The van der Waals surface area contributed by atoms with Crippen molar-refractivity contribution in [2.24, 2.45) is 0 Å². The van der Waals surface area contributed by atoms with Gasteiger partial charge in [-0.05, 0) is 50.8 Å². The monoisotopic (exact) mass is 302 g/mol. The number of nitrogens with one attached hydrogen (secondary N) is 1. The second-order valence-electron chi connectivity index (χ2n) is 6.53. The molecular weight excluding hydrogens is 276 g/mol. The van der Waals surface area contributed by atoms with E-state index in [1.165, 1.54) is 16.1 Å². The molecule has 0 aliphatic carbocycles. The summed E-state index contributed by atoms with van der Waals surface area (Å²) in [7, 11) is 2.18. The molecular formula is C18H26N2S. The minimum atomic E-state index is 0.130. The minimum absolute atomic E-state index is 0.130. The van der Waals surface area contributed by atoms with E-state index in [0.717, 1.165) is 6.54 Å². The van der Waals surface area contributed by atoms with E-state index in [-0.39, 0.29) is 5.54 Å². The summed E-state index contributed by atoms with van der Waals surface area (Å²) in [6.07, 6.45) is 0. The first-order valence-electron chi connectivity index (χ1n) is 7.47. The molecule has 0 amide bonds. The van der Waals surface area contributed by atoms with Gasteiger partial charge in [0.2, 0.25) is 0 Å². The van der Waals surface area contributed by atoms with E-state index in [1.807, 2.05) is 11.3 Å². The van der Waals surface area contributed by atoms with Crippen LogP contribution < -0.4 is 10.2 Å². The van der Waals surface area contributed by atoms with Gasteiger partial charge in [-0.15, -0.1) is 11.3 Å². The molecule has 1 unspecified atom stereocenters. The number of anilines is 1. The lowest BCUT2D eigenvalue weighted by Crippen LogP contribution is -2.35. The molecule has 1 aromatic heterocycles. The van der Waals surface area contributed by atoms with Crippen molar-refractivity contribution in [3.8, 4) is 0 Å². The van der Waals surface area contributed by atoms with Gasteiger partial charge in [0.1, 0.15) is 0 Å². The van der Waals surface area contributed by atoms with Crippen LogP contribution >= 0.6 is 11.3 Å². The molecule has 1 N–H and O–H groups in total. The van der Waals surface area contributed by atoms with Crippen LogP contribution in [0.1, 0.15) is 44.2 Å². The summed E-state index contributed by atoms with van der Waals surface area (Å²) in [6, 6.07) is 13.4. The molecule has 3 heteroatoms. The second-order valence-corrected chi connectivity index (χ2v) is 7.51. The highest BCUT2D eigenvalue weighted by molar-refractivity contribution is 7.10. The Balaban J connectivity index is 2.19. The second kappa shape index (κ2) is 6.63. The molecule has 21 heavy (non-hydrogen) atoms. The molecule has 0 saturated carbocycles. The van der Waals surface area contributed by atoms with Crippen molar-refractivity contribution in [2.75, 3.05) is 11.9 Å². The van der Waals surface area contributed by atoms with Crippen LogP contribution in [0, 0.1) is 0 Å². The van der Waals surface area contributed by atoms with Crippen molar-refractivity contribution in [2.45, 2.75) is 45.8 Å². The Hall–Kier alpha value is -1.32. The largest absolute Gasteiger partial charge is 0.367 e. The fraction of sp³-hybridized carbons (Fsp3) is 0.444. The van der Waals surface area contributed by atoms with Crippen molar-refractivity contribution >= 4 is 17.0 Å². The highest BCUT2D eigenvalue weighted by Crippen LogP contribution is 2.30. The van der Waals surface area contributed by atoms with Gasteiger partial charge in [-0.3, -0.25) is 0 Å². The van der Waals surface area contributed by atoms with E-state index in [0.29, 0.717) is 6.04 Å². The van der Waals surface area contributed by atoms with Crippen molar-refractivity contribution in [3.05, 3.63) is 52.2 Å². The molecule has 1 heterocycles. The van der Waals surface area contributed by atoms with Gasteiger partial charge in [0, 0.05) is 29.7 Å². The zero-order valence-electron chi connectivity index (χ0n) is 13.7. The summed E-state index contributed by atoms with van der Waals surface area (Å²) in [5.41, 5.74) is 2.78. The van der Waals surface area contributed by atoms with E-state index in [2.05, 4.69) is 86.7 Å². The van der Waals surface area contributed by atoms with Crippen molar-refractivity contribution in [1.29, 1.82) is 0 Å². The predicted octanol–water partition coefficient (Wildman–Crippen LogP) is 4.83. The van der Waals surface area contributed by atoms with E-state index < -0.39 is 0 Å². The van der Waals surface area contributed by atoms with Crippen LogP contribution in [-0.2, 0) is 6.54 Å². The van der Waals surface area contributed by atoms with Crippen LogP contribution in [0.15, 0.2) is 41.8 Å². The number of thiophene rings is 1. The molecule has 2 nitrogen and oxygen atoms in total. The Kier molecular flexibility index (Phi) is 5.07. The van der Waals surface area contributed by atoms with Crippen LogP contribution in [0.4, 0.5) is 5.69 Å². The number of hydrogen-bond donors (Lipinski definition) is 1. The van der Waals surface area contributed by atoms with Crippen LogP contribution in [0.25, 0.3) is 0 Å². The summed E-state index contributed by atoms with van der Waals surface area (Å²) in [5.74, 6) is 0. The van der Waals surface area contributed by atoms with Crippen LogP contribution in [0.2, 0.25) is 0 Å². The van der Waals surface area contributed by atoms with Gasteiger partial charge >= 0.3 is 0 Å². The lowest BCUT2D eigenvalue weighted by molar-refractivity contribution is 0.424. The van der Waals surface area contributed by atoms with Crippen molar-refractivity contribution < 1.29 is 0 Å². The summed E-state index contributed by atoms with van der Waals surface area (Å²) in [5, 5.41) is 5.73. The molecule has 114 valence electrons. The number of para-hydroxylation sites is 1. The topological polar surface area (TPSA) is 15.3 Å². The highest BCUT2D eigenvalue weighted by Gasteiger charge is 2.17. The number of nitrogens with zero attached hydrogens (tertiary/aromatic N) is 1. The zero-order chi connectivity index (χ0) is 15.5. The maximum absolute atomic E-state index is 3.58. The third-order valence-corrected chi connectivity index (χ3v) is 4.76. The average molecular weight is 302 g/mol. The summed E-state index contributed by atoms with van der Waals surface area (Å²) in [4.78, 5) is 3.77. The normalized spacial score (nSPS) is 13.2. The first-order valence-corrected chi connectivity index (χ1v) is 8.35. The molecule has 0 bridgehead atoms. The predicted molar refractivity (Wildman–Crippen MR) is 94.2 cm³/mol. The lowest BCUT2D eigenvalue weighted by Gasteiger charge is -2.29. The molecule has 2 aromatic rings. The maximum atomic E-state index is 3.58. The van der Waals surface area contributed by atoms with Gasteiger partial charge in [0.05, 0.1) is 6.04 Å². The van der Waals surface area contributed by atoms with Crippen molar-refractivity contribution in [1.82, 2.24) is 5.32 Å². The SMILES string of the molecule is CC(c1cccs1)N(C)c1ccccc1CNC(C)(C)C. The molecule has 0 spiro atoms. The van der Waals surface area contributed by atoms with Gasteiger partial charge in [-0.2, -0.15) is 0 Å². The van der Waals surface area contributed by atoms with Crippen molar-refractivity contribution in [3.63, 3.8) is 0 Å². The van der Waals surface area contributed by atoms with Crippen LogP contribution in [0.3, 0.4) is 0 Å². The summed E-state index contributed by atoms with van der Waals surface area (Å²) < 4.78 is 0. The van der Waals surface area contributed by atoms with E-state index >= 15 is 0 Å². The first kappa shape index (κ1) is 16.1. The zero-order valence-corrected chi connectivity index (χ0v) is 14.5. The fourth-order valence-corrected chi connectivity index (χ4v) is 3.12. The quantitative estimate of drug-likeness (QED) is 0.850. The fourth-order valence-electron chi connectivity index (χ4n) is 2.29. The van der Waals surface area contributed by atoms with E-state index in [9.17, 15) is 0 Å². The summed E-state index contributed by atoms with van der Waals surface area (Å²) >= 11 is 1.82. The van der Waals surface area contributed by atoms with Crippen LogP contribution in [0.5, 0.6) is 0 Å². The molecule has 1 aromatic carbocycles. The third kappa shape index (κ3) is 4.32. The van der Waals surface area contributed by atoms with E-state index in [1.54, 1.807) is 0 Å². The Labute approximate surface area is 132 Å². The molecule has 2 rings (SSSR count). The molecule has 0 saturated heterocycles. The van der Waals surface area contributed by atoms with Gasteiger partial charge in [-0.1, -0.05) is 24.3 Å². The minimum Gasteiger partial charge on any atom is -0.367 e. The Morgan fingerprint density at radius 2 is 1.86 bits per heavy atom. The van der Waals surface area contributed by atoms with Gasteiger partial charge < -0.3 is 10.2 Å². The van der Waals surface area contributed by atoms with Gasteiger partial charge in [-0.25, -0.2) is 0 Å². The molecule has 0 aliphatic rings. The maximum Gasteiger partial charge on any atom is 0.0603 e. The Bertz CT molecular complexity index is 555. The molecule has 1 atom stereocenters. The first-order chi connectivity index (χ1) is 9.88. The lowest BCUT2D eigenvalue weighted by atomic mass is 10.1.